The Morgan fingerprint density at radius 2 is 0.851 bits per heavy atom. The van der Waals surface area contributed by atoms with Crippen molar-refractivity contribution in [2.45, 2.75) is 178 Å². The molecule has 0 spiro atoms. The number of nitrogens with zero attached hydrogens (tertiary/aromatic N) is 4. The fourth-order valence-electron chi connectivity index (χ4n) is 13.0. The van der Waals surface area contributed by atoms with Gasteiger partial charge in [0.15, 0.2) is 0 Å². The standard InChI is InChI=1S/C81H93BN4O/c1-51-37-52(2)74(53(3)38-51)82-67-29-22-23-30-69(67)86(73-47-56(35-36-83-73)76(4,5)6)72-49-64(33-34-68(72)82)87-63-28-26-27-62(48-63)84-50-85(71-32-25-24-31-70(71)84)75-65(54-39-57(77(7,8)9)43-58(40-54)78(10,11)12)45-61(81(19,20)21)46-66(75)55-41-59(79(13,14)15)44-60(42-55)80(16,17)18/h22-49H,50H2,1-21H3. The fourth-order valence-corrected chi connectivity index (χ4v) is 13.0. The SMILES string of the molecule is Cc1cc(C)c(B2c3ccccc3N(c3cc(C(C)(C)C)ccn3)c3cc(Oc4cccc(N5CN(c6c(-c7cc(C(C)(C)C)cc(C(C)(C)C)c7)cc(C(C)(C)C)cc6-c6cc(C(C)(C)C)cc(C(C)(C)C)c6)c6ccccc65)c4)ccc32)c(C)c1. The van der Waals surface area contributed by atoms with E-state index in [0.29, 0.717) is 6.67 Å². The largest absolute Gasteiger partial charge is 0.457 e. The van der Waals surface area contributed by atoms with Crippen LogP contribution in [0.3, 0.4) is 0 Å². The lowest BCUT2D eigenvalue weighted by molar-refractivity contribution is 0.483. The number of aromatic nitrogens is 1. The predicted octanol–water partition coefficient (Wildman–Crippen LogP) is 20.5. The van der Waals surface area contributed by atoms with Crippen molar-refractivity contribution in [2.75, 3.05) is 21.4 Å². The number of hydrogen-bond acceptors (Lipinski definition) is 5. The number of pyridine rings is 1. The van der Waals surface area contributed by atoms with Crippen LogP contribution >= 0.6 is 0 Å². The molecule has 0 atom stereocenters. The zero-order valence-corrected chi connectivity index (χ0v) is 56.1. The second-order valence-corrected chi connectivity index (χ2v) is 31.4. The van der Waals surface area contributed by atoms with Crippen molar-refractivity contribution < 1.29 is 4.74 Å². The summed E-state index contributed by atoms with van der Waals surface area (Å²) in [5, 5.41) is 0. The van der Waals surface area contributed by atoms with Crippen molar-refractivity contribution in [1.82, 2.24) is 4.98 Å². The van der Waals surface area contributed by atoms with Crippen molar-refractivity contribution in [3.8, 4) is 33.8 Å². The number of anilines is 7. The van der Waals surface area contributed by atoms with Gasteiger partial charge >= 0.3 is 0 Å². The minimum atomic E-state index is -0.143. The van der Waals surface area contributed by atoms with Crippen molar-refractivity contribution in [2.24, 2.45) is 0 Å². The van der Waals surface area contributed by atoms with Gasteiger partial charge in [0.25, 0.3) is 0 Å². The summed E-state index contributed by atoms with van der Waals surface area (Å²) >= 11 is 0. The van der Waals surface area contributed by atoms with E-state index in [1.807, 2.05) is 6.20 Å². The minimum Gasteiger partial charge on any atom is -0.457 e. The van der Waals surface area contributed by atoms with E-state index in [-0.39, 0.29) is 39.2 Å². The molecule has 9 aromatic rings. The van der Waals surface area contributed by atoms with E-state index in [4.69, 9.17) is 9.72 Å². The second-order valence-electron chi connectivity index (χ2n) is 31.4. The highest BCUT2D eigenvalue weighted by molar-refractivity contribution is 6.98. The summed E-state index contributed by atoms with van der Waals surface area (Å²) in [5.74, 6) is 2.41. The predicted molar refractivity (Wildman–Crippen MR) is 376 cm³/mol. The maximum atomic E-state index is 7.16. The van der Waals surface area contributed by atoms with Gasteiger partial charge in [-0.25, -0.2) is 4.98 Å². The van der Waals surface area contributed by atoms with Gasteiger partial charge in [-0.2, -0.15) is 0 Å². The lowest BCUT2D eigenvalue weighted by Gasteiger charge is -2.37. The second kappa shape index (κ2) is 21.8. The summed E-state index contributed by atoms with van der Waals surface area (Å²) in [4.78, 5) is 12.6. The van der Waals surface area contributed by atoms with E-state index in [2.05, 4.69) is 324 Å². The molecule has 0 fully saturated rings. The summed E-state index contributed by atoms with van der Waals surface area (Å²) in [5.41, 5.74) is 26.8. The number of fused-ring (bicyclic) bond motifs is 3. The van der Waals surface area contributed by atoms with Crippen LogP contribution in [0.25, 0.3) is 22.3 Å². The lowest BCUT2D eigenvalue weighted by Crippen LogP contribution is -2.58. The highest BCUT2D eigenvalue weighted by Crippen LogP contribution is 2.53. The molecule has 0 amide bonds. The quantitative estimate of drug-likeness (QED) is 0.142. The van der Waals surface area contributed by atoms with E-state index in [1.165, 1.54) is 94.4 Å². The third kappa shape index (κ3) is 11.9. The fraction of sp³-hybridized carbons (Fsp3) is 0.346. The number of aryl methyl sites for hydroxylation is 3. The van der Waals surface area contributed by atoms with Gasteiger partial charge in [0, 0.05) is 46.5 Å². The number of para-hydroxylation sites is 3. The van der Waals surface area contributed by atoms with Gasteiger partial charge in [0.2, 0.25) is 6.71 Å². The minimum absolute atomic E-state index is 0.00560. The van der Waals surface area contributed by atoms with Crippen LogP contribution in [0.5, 0.6) is 11.5 Å². The van der Waals surface area contributed by atoms with Crippen molar-refractivity contribution >= 4 is 63.0 Å². The maximum absolute atomic E-state index is 7.16. The molecule has 11 rings (SSSR count). The molecule has 5 nitrogen and oxygen atoms in total. The Balaban J connectivity index is 1.07. The molecule has 0 saturated carbocycles. The summed E-state index contributed by atoms with van der Waals surface area (Å²) < 4.78 is 7.16. The number of benzene rings is 8. The summed E-state index contributed by atoms with van der Waals surface area (Å²) in [7, 11) is 0. The lowest BCUT2D eigenvalue weighted by atomic mass is 9.34. The average Bonchev–Trinajstić information content (AvgIpc) is 1.98. The molecule has 2 aliphatic heterocycles. The number of rotatable bonds is 8. The monoisotopic (exact) mass is 1150 g/mol. The van der Waals surface area contributed by atoms with Gasteiger partial charge in [-0.15, -0.1) is 0 Å². The van der Waals surface area contributed by atoms with Gasteiger partial charge in [-0.3, -0.25) is 4.90 Å². The van der Waals surface area contributed by atoms with Crippen LogP contribution < -0.4 is 35.8 Å². The Labute approximate surface area is 523 Å². The molecule has 0 saturated heterocycles. The molecule has 6 heteroatoms. The van der Waals surface area contributed by atoms with Crippen LogP contribution in [0.15, 0.2) is 170 Å². The van der Waals surface area contributed by atoms with Crippen LogP contribution in [-0.2, 0) is 32.5 Å². The first kappa shape index (κ1) is 60.8. The zero-order chi connectivity index (χ0) is 62.7. The van der Waals surface area contributed by atoms with Gasteiger partial charge < -0.3 is 14.5 Å². The van der Waals surface area contributed by atoms with Crippen molar-refractivity contribution in [3.63, 3.8) is 0 Å². The average molecular weight is 1150 g/mol. The van der Waals surface area contributed by atoms with Gasteiger partial charge in [0.05, 0.1) is 17.1 Å². The molecular formula is C81H93BN4O. The molecule has 446 valence electrons. The molecule has 0 N–H and O–H groups in total. The topological polar surface area (TPSA) is 31.8 Å². The number of ether oxygens (including phenoxy) is 1. The molecule has 87 heavy (non-hydrogen) atoms. The van der Waals surface area contributed by atoms with Gasteiger partial charge in [0.1, 0.15) is 24.0 Å². The molecule has 0 unspecified atom stereocenters. The van der Waals surface area contributed by atoms with Crippen LogP contribution in [0.4, 0.5) is 39.9 Å². The van der Waals surface area contributed by atoms with Gasteiger partial charge in [-0.05, 0) is 169 Å². The Morgan fingerprint density at radius 3 is 1.37 bits per heavy atom. The van der Waals surface area contributed by atoms with Crippen LogP contribution in [-0.4, -0.2) is 18.4 Å². The first-order valence-electron chi connectivity index (χ1n) is 31.6. The van der Waals surface area contributed by atoms with Crippen LogP contribution in [0.2, 0.25) is 0 Å². The van der Waals surface area contributed by atoms with Crippen LogP contribution in [0.1, 0.15) is 175 Å². The molecule has 0 radical (unpaired) electrons. The van der Waals surface area contributed by atoms with Crippen molar-refractivity contribution in [3.05, 3.63) is 220 Å². The first-order chi connectivity index (χ1) is 40.6. The van der Waals surface area contributed by atoms with Crippen molar-refractivity contribution in [1.29, 1.82) is 0 Å². The Kier molecular flexibility index (Phi) is 15.2. The van der Waals surface area contributed by atoms with Gasteiger partial charge in [-0.1, -0.05) is 238 Å². The molecule has 2 aliphatic rings. The Bertz CT molecular complexity index is 3940. The zero-order valence-electron chi connectivity index (χ0n) is 56.1. The molecule has 8 aromatic carbocycles. The Hall–Kier alpha value is -7.83. The summed E-state index contributed by atoms with van der Waals surface area (Å²) in [6, 6.07) is 62.2. The van der Waals surface area contributed by atoms with E-state index >= 15 is 0 Å². The first-order valence-corrected chi connectivity index (χ1v) is 31.6. The third-order valence-corrected chi connectivity index (χ3v) is 18.2. The number of hydrogen-bond donors (Lipinski definition) is 0. The third-order valence-electron chi connectivity index (χ3n) is 18.2. The highest BCUT2D eigenvalue weighted by Gasteiger charge is 2.39. The van der Waals surface area contributed by atoms with E-state index in [1.54, 1.807) is 0 Å². The van der Waals surface area contributed by atoms with Crippen LogP contribution in [0, 0.1) is 20.8 Å². The molecule has 3 heterocycles. The summed E-state index contributed by atoms with van der Waals surface area (Å²) in [6.07, 6.45) is 1.96. The van der Waals surface area contributed by atoms with E-state index in [9.17, 15) is 0 Å². The normalized spacial score (nSPS) is 13.9. The summed E-state index contributed by atoms with van der Waals surface area (Å²) in [6.45, 7) is 49.4. The molecule has 0 aliphatic carbocycles. The van der Waals surface area contributed by atoms with E-state index < -0.39 is 0 Å². The highest BCUT2D eigenvalue weighted by atomic mass is 16.5. The Morgan fingerprint density at radius 1 is 0.391 bits per heavy atom. The molecule has 1 aromatic heterocycles. The maximum Gasteiger partial charge on any atom is 0.247 e. The molecule has 0 bridgehead atoms. The van der Waals surface area contributed by atoms with E-state index in [0.717, 1.165) is 45.8 Å². The molecular weight excluding hydrogens is 1060 g/mol. The smallest absolute Gasteiger partial charge is 0.247 e.